The molecule has 1 aromatic rings. The van der Waals surface area contributed by atoms with Crippen LogP contribution in [-0.4, -0.2) is 20.8 Å². The van der Waals surface area contributed by atoms with Crippen LogP contribution in [0.25, 0.3) is 0 Å². The van der Waals surface area contributed by atoms with Gasteiger partial charge in [0.15, 0.2) is 11.5 Å². The molecule has 0 bridgehead atoms. The van der Waals surface area contributed by atoms with E-state index >= 15 is 0 Å². The number of benzene rings is 1. The number of hydrogen-bond acceptors (Lipinski definition) is 3. The maximum absolute atomic E-state index is 5.50. The van der Waals surface area contributed by atoms with E-state index in [1.165, 1.54) is 18.4 Å². The van der Waals surface area contributed by atoms with Gasteiger partial charge in [0.05, 0.1) is 13.7 Å². The first kappa shape index (κ1) is 11.3. The fourth-order valence-electron chi connectivity index (χ4n) is 2.05. The van der Waals surface area contributed by atoms with Crippen molar-refractivity contribution in [2.24, 2.45) is 0 Å². The Bertz CT molecular complexity index is 372. The van der Waals surface area contributed by atoms with Crippen molar-refractivity contribution in [1.29, 1.82) is 0 Å². The molecule has 1 aliphatic carbocycles. The second-order valence-electron chi connectivity index (χ2n) is 4.13. The molecule has 1 aromatic carbocycles. The lowest BCUT2D eigenvalue weighted by atomic mass is 10.0. The van der Waals surface area contributed by atoms with E-state index in [9.17, 15) is 0 Å². The monoisotopic (exact) mass is 221 g/mol. The van der Waals surface area contributed by atoms with E-state index < -0.39 is 0 Å². The van der Waals surface area contributed by atoms with Crippen molar-refractivity contribution in [3.8, 4) is 11.5 Å². The minimum atomic E-state index is 0.179. The smallest absolute Gasteiger partial charge is 0.161 e. The van der Waals surface area contributed by atoms with Gasteiger partial charge in [-0.05, 0) is 44.5 Å². The first-order valence-corrected chi connectivity index (χ1v) is 5.76. The summed E-state index contributed by atoms with van der Waals surface area (Å²) in [5, 5.41) is 3.38. The van der Waals surface area contributed by atoms with Gasteiger partial charge in [-0.3, -0.25) is 0 Å². The molecule has 1 saturated carbocycles. The molecule has 88 valence electrons. The van der Waals surface area contributed by atoms with Crippen molar-refractivity contribution < 1.29 is 9.47 Å². The first-order valence-electron chi connectivity index (χ1n) is 5.76. The second kappa shape index (κ2) is 4.34. The Hall–Kier alpha value is -1.22. The highest BCUT2D eigenvalue weighted by atomic mass is 16.5. The van der Waals surface area contributed by atoms with Gasteiger partial charge in [-0.25, -0.2) is 0 Å². The molecule has 0 heterocycles. The van der Waals surface area contributed by atoms with Crippen molar-refractivity contribution >= 4 is 0 Å². The van der Waals surface area contributed by atoms with Crippen LogP contribution in [0.5, 0.6) is 11.5 Å². The van der Waals surface area contributed by atoms with Gasteiger partial charge in [0.1, 0.15) is 0 Å². The Balaban J connectivity index is 2.29. The quantitative estimate of drug-likeness (QED) is 0.827. The van der Waals surface area contributed by atoms with E-state index in [2.05, 4.69) is 17.4 Å². The van der Waals surface area contributed by atoms with E-state index in [-0.39, 0.29) is 5.54 Å². The summed E-state index contributed by atoms with van der Waals surface area (Å²) in [6, 6.07) is 6.20. The normalized spacial score (nSPS) is 16.9. The van der Waals surface area contributed by atoms with Crippen LogP contribution in [0.1, 0.15) is 25.3 Å². The number of methoxy groups -OCH3 is 1. The Morgan fingerprint density at radius 3 is 2.56 bits per heavy atom. The average Bonchev–Trinajstić information content (AvgIpc) is 3.11. The van der Waals surface area contributed by atoms with Gasteiger partial charge in [-0.15, -0.1) is 0 Å². The molecule has 1 N–H and O–H groups in total. The molecule has 2 rings (SSSR count). The van der Waals surface area contributed by atoms with Crippen LogP contribution in [0.2, 0.25) is 0 Å². The van der Waals surface area contributed by atoms with E-state index in [4.69, 9.17) is 9.47 Å². The molecule has 0 aromatic heterocycles. The summed E-state index contributed by atoms with van der Waals surface area (Å²) in [6.45, 7) is 2.64. The third-order valence-corrected chi connectivity index (χ3v) is 3.24. The zero-order valence-corrected chi connectivity index (χ0v) is 10.2. The molecule has 3 nitrogen and oxygen atoms in total. The number of hydrogen-bond donors (Lipinski definition) is 1. The Morgan fingerprint density at radius 2 is 2.06 bits per heavy atom. The largest absolute Gasteiger partial charge is 0.493 e. The predicted octanol–water partition coefficient (Wildman–Crippen LogP) is 2.30. The Labute approximate surface area is 96.8 Å². The summed E-state index contributed by atoms with van der Waals surface area (Å²) in [6.07, 6.45) is 2.39. The highest BCUT2D eigenvalue weighted by Gasteiger charge is 2.43. The van der Waals surface area contributed by atoms with Crippen LogP contribution < -0.4 is 14.8 Å². The van der Waals surface area contributed by atoms with Crippen LogP contribution in [0.3, 0.4) is 0 Å². The molecule has 16 heavy (non-hydrogen) atoms. The van der Waals surface area contributed by atoms with E-state index in [1.807, 2.05) is 20.0 Å². The van der Waals surface area contributed by atoms with Crippen molar-refractivity contribution in [3.05, 3.63) is 23.8 Å². The number of nitrogens with one attached hydrogen (secondary N) is 1. The van der Waals surface area contributed by atoms with E-state index in [0.29, 0.717) is 6.61 Å². The lowest BCUT2D eigenvalue weighted by Crippen LogP contribution is -2.24. The van der Waals surface area contributed by atoms with Gasteiger partial charge < -0.3 is 14.8 Å². The summed E-state index contributed by atoms with van der Waals surface area (Å²) in [5.41, 5.74) is 1.47. The average molecular weight is 221 g/mol. The zero-order chi connectivity index (χ0) is 11.6. The minimum Gasteiger partial charge on any atom is -0.493 e. The minimum absolute atomic E-state index is 0.179. The fraction of sp³-hybridized carbons (Fsp3) is 0.538. The Kier molecular flexibility index (Phi) is 3.06. The number of ether oxygens (including phenoxy) is 2. The molecule has 0 radical (unpaired) electrons. The zero-order valence-electron chi connectivity index (χ0n) is 10.2. The van der Waals surface area contributed by atoms with Crippen molar-refractivity contribution in [2.75, 3.05) is 20.8 Å². The lowest BCUT2D eigenvalue weighted by molar-refractivity contribution is 0.310. The summed E-state index contributed by atoms with van der Waals surface area (Å²) in [7, 11) is 3.69. The molecule has 1 fully saturated rings. The molecule has 1 aliphatic rings. The van der Waals surface area contributed by atoms with Crippen LogP contribution >= 0.6 is 0 Å². The third kappa shape index (κ3) is 1.87. The summed E-state index contributed by atoms with van der Waals surface area (Å²) in [5.74, 6) is 1.64. The topological polar surface area (TPSA) is 30.5 Å². The van der Waals surface area contributed by atoms with Crippen molar-refractivity contribution in [2.45, 2.75) is 25.3 Å². The highest BCUT2D eigenvalue weighted by Crippen LogP contribution is 2.47. The molecular formula is C13H19NO2. The predicted molar refractivity (Wildman–Crippen MR) is 64.1 cm³/mol. The Morgan fingerprint density at radius 1 is 1.31 bits per heavy atom. The van der Waals surface area contributed by atoms with Crippen LogP contribution in [0.4, 0.5) is 0 Å². The van der Waals surface area contributed by atoms with E-state index in [1.54, 1.807) is 7.11 Å². The first-order chi connectivity index (χ1) is 7.75. The molecular weight excluding hydrogens is 202 g/mol. The molecule has 3 heteroatoms. The second-order valence-corrected chi connectivity index (χ2v) is 4.13. The van der Waals surface area contributed by atoms with Crippen LogP contribution in [0, 0.1) is 0 Å². The van der Waals surface area contributed by atoms with Gasteiger partial charge in [0.25, 0.3) is 0 Å². The van der Waals surface area contributed by atoms with Gasteiger partial charge in [-0.1, -0.05) is 6.07 Å². The van der Waals surface area contributed by atoms with Crippen LogP contribution in [0.15, 0.2) is 18.2 Å². The van der Waals surface area contributed by atoms with Crippen LogP contribution in [-0.2, 0) is 5.54 Å². The maximum atomic E-state index is 5.50. The molecule has 0 aliphatic heterocycles. The van der Waals surface area contributed by atoms with E-state index in [0.717, 1.165) is 11.5 Å². The van der Waals surface area contributed by atoms with Gasteiger partial charge in [-0.2, -0.15) is 0 Å². The SMILES string of the molecule is CCOc1ccc(C2(NC)CC2)cc1OC. The maximum Gasteiger partial charge on any atom is 0.161 e. The van der Waals surface area contributed by atoms with Crippen molar-refractivity contribution in [3.63, 3.8) is 0 Å². The standard InChI is InChI=1S/C13H19NO2/c1-4-16-11-6-5-10(9-12(11)15-3)13(14-2)7-8-13/h5-6,9,14H,4,7-8H2,1-3H3. The van der Waals surface area contributed by atoms with Gasteiger partial charge >= 0.3 is 0 Å². The third-order valence-electron chi connectivity index (χ3n) is 3.24. The van der Waals surface area contributed by atoms with Gasteiger partial charge in [0, 0.05) is 5.54 Å². The van der Waals surface area contributed by atoms with Gasteiger partial charge in [0.2, 0.25) is 0 Å². The molecule has 0 amide bonds. The highest BCUT2D eigenvalue weighted by molar-refractivity contribution is 5.46. The molecule has 0 unspecified atom stereocenters. The summed E-state index contributed by atoms with van der Waals surface area (Å²) < 4.78 is 10.9. The molecule has 0 spiro atoms. The number of rotatable bonds is 5. The lowest BCUT2D eigenvalue weighted by Gasteiger charge is -2.17. The summed E-state index contributed by atoms with van der Waals surface area (Å²) in [4.78, 5) is 0. The fourth-order valence-corrected chi connectivity index (χ4v) is 2.05. The summed E-state index contributed by atoms with van der Waals surface area (Å²) >= 11 is 0. The molecule has 0 atom stereocenters. The molecule has 0 saturated heterocycles. The van der Waals surface area contributed by atoms with Crippen molar-refractivity contribution in [1.82, 2.24) is 5.32 Å².